The van der Waals surface area contributed by atoms with Gasteiger partial charge >= 0.3 is 0 Å². The number of hydrogen-bond donors (Lipinski definition) is 0. The van der Waals surface area contributed by atoms with Gasteiger partial charge in [-0.05, 0) is 31.0 Å². The number of carbonyl (C=O) groups is 1. The smallest absolute Gasteiger partial charge is 0.277 e. The molecule has 0 N–H and O–H groups in total. The molecule has 1 saturated carbocycles. The summed E-state index contributed by atoms with van der Waals surface area (Å²) in [6, 6.07) is 6.50. The van der Waals surface area contributed by atoms with Crippen molar-refractivity contribution in [3.8, 4) is 11.5 Å². The lowest BCUT2D eigenvalue weighted by molar-refractivity contribution is -0.118. The average molecular weight is 438 g/mol. The molecule has 0 amide bonds. The Hall–Kier alpha value is -1.75. The highest BCUT2D eigenvalue weighted by atomic mass is 32.2. The standard InChI is InChI=1S/C19H23N3O5S2/c23-16-7-2-1-3-8-17(16)28-19-21-20-18(27-19)14-5-4-6-15(13-14)29(24,25)22-9-11-26-12-10-22/h4-6,13,17H,1-3,7-12H2. The maximum atomic E-state index is 12.9. The molecule has 1 aromatic carbocycles. The quantitative estimate of drug-likeness (QED) is 0.658. The Kier molecular flexibility index (Phi) is 6.33. The van der Waals surface area contributed by atoms with Crippen molar-refractivity contribution in [3.05, 3.63) is 24.3 Å². The fraction of sp³-hybridized carbons (Fsp3) is 0.526. The van der Waals surface area contributed by atoms with Crippen LogP contribution in [0.25, 0.3) is 11.5 Å². The lowest BCUT2D eigenvalue weighted by Crippen LogP contribution is -2.40. The lowest BCUT2D eigenvalue weighted by atomic mass is 10.2. The Labute approximate surface area is 174 Å². The molecule has 1 unspecified atom stereocenters. The van der Waals surface area contributed by atoms with Gasteiger partial charge in [-0.2, -0.15) is 4.31 Å². The molecule has 2 aliphatic rings. The van der Waals surface area contributed by atoms with Crippen LogP contribution >= 0.6 is 11.8 Å². The van der Waals surface area contributed by atoms with Gasteiger partial charge in [0.15, 0.2) is 0 Å². The van der Waals surface area contributed by atoms with Crippen LogP contribution in [0, 0.1) is 0 Å². The second-order valence-corrected chi connectivity index (χ2v) is 10.2. The number of rotatable bonds is 5. The third-order valence-electron chi connectivity index (χ3n) is 5.09. The Bertz CT molecular complexity index is 970. The van der Waals surface area contributed by atoms with Crippen molar-refractivity contribution >= 4 is 27.6 Å². The topological polar surface area (TPSA) is 103 Å². The zero-order chi connectivity index (χ0) is 20.3. The minimum atomic E-state index is -3.61. The van der Waals surface area contributed by atoms with Crippen LogP contribution in [0.4, 0.5) is 0 Å². The molecule has 2 fully saturated rings. The van der Waals surface area contributed by atoms with Gasteiger partial charge in [-0.1, -0.05) is 30.7 Å². The van der Waals surface area contributed by atoms with E-state index < -0.39 is 10.0 Å². The first kappa shape index (κ1) is 20.5. The van der Waals surface area contributed by atoms with Crippen LogP contribution in [0.3, 0.4) is 0 Å². The number of morpholine rings is 1. The van der Waals surface area contributed by atoms with Crippen LogP contribution in [-0.2, 0) is 19.6 Å². The first-order valence-electron chi connectivity index (χ1n) is 9.75. The van der Waals surface area contributed by atoms with Crippen molar-refractivity contribution in [2.24, 2.45) is 0 Å². The third kappa shape index (κ3) is 4.71. The van der Waals surface area contributed by atoms with Crippen LogP contribution < -0.4 is 0 Å². The summed E-state index contributed by atoms with van der Waals surface area (Å²) >= 11 is 1.30. The molecule has 10 heteroatoms. The summed E-state index contributed by atoms with van der Waals surface area (Å²) in [7, 11) is -3.61. The number of Topliss-reactive ketones (excluding diaryl/α,β-unsaturated/α-hetero) is 1. The fourth-order valence-corrected chi connectivity index (χ4v) is 5.92. The number of ether oxygens (including phenoxy) is 1. The highest BCUT2D eigenvalue weighted by molar-refractivity contribution is 8.00. The fourth-order valence-electron chi connectivity index (χ4n) is 3.47. The number of hydrogen-bond acceptors (Lipinski definition) is 8. The molecule has 1 aliphatic heterocycles. The van der Waals surface area contributed by atoms with Crippen molar-refractivity contribution in [2.75, 3.05) is 26.3 Å². The second-order valence-electron chi connectivity index (χ2n) is 7.09. The molecule has 0 bridgehead atoms. The van der Waals surface area contributed by atoms with E-state index >= 15 is 0 Å². The van der Waals surface area contributed by atoms with Crippen molar-refractivity contribution in [1.82, 2.24) is 14.5 Å². The van der Waals surface area contributed by atoms with E-state index in [1.807, 2.05) is 0 Å². The third-order valence-corrected chi connectivity index (χ3v) is 8.13. The Morgan fingerprint density at radius 1 is 1.10 bits per heavy atom. The normalized spacial score (nSPS) is 21.8. The van der Waals surface area contributed by atoms with Crippen LogP contribution in [0.1, 0.15) is 32.1 Å². The highest BCUT2D eigenvalue weighted by Crippen LogP contribution is 2.32. The first-order chi connectivity index (χ1) is 14.0. The van der Waals surface area contributed by atoms with Gasteiger partial charge in [-0.15, -0.1) is 10.2 Å². The molecule has 2 heterocycles. The van der Waals surface area contributed by atoms with Crippen molar-refractivity contribution in [1.29, 1.82) is 0 Å². The van der Waals surface area contributed by atoms with E-state index in [2.05, 4.69) is 10.2 Å². The molecule has 29 heavy (non-hydrogen) atoms. The van der Waals surface area contributed by atoms with E-state index in [1.165, 1.54) is 16.1 Å². The van der Waals surface area contributed by atoms with Gasteiger partial charge in [0.25, 0.3) is 5.22 Å². The summed E-state index contributed by atoms with van der Waals surface area (Å²) < 4.78 is 38.1. The molecule has 2 aromatic rings. The van der Waals surface area contributed by atoms with Crippen LogP contribution in [0.15, 0.2) is 38.8 Å². The Morgan fingerprint density at radius 3 is 2.76 bits per heavy atom. The number of carbonyl (C=O) groups excluding carboxylic acids is 1. The van der Waals surface area contributed by atoms with E-state index in [0.717, 1.165) is 25.7 Å². The minimum absolute atomic E-state index is 0.154. The summed E-state index contributed by atoms with van der Waals surface area (Å²) in [5.74, 6) is 0.471. The van der Waals surface area contributed by atoms with Gasteiger partial charge in [0.1, 0.15) is 5.78 Å². The van der Waals surface area contributed by atoms with Gasteiger partial charge in [0, 0.05) is 25.1 Å². The van der Waals surface area contributed by atoms with Crippen molar-refractivity contribution in [2.45, 2.75) is 47.5 Å². The molecule has 1 aliphatic carbocycles. The molecule has 4 rings (SSSR count). The van der Waals surface area contributed by atoms with E-state index in [9.17, 15) is 13.2 Å². The first-order valence-corrected chi connectivity index (χ1v) is 12.1. The number of sulfonamides is 1. The van der Waals surface area contributed by atoms with Crippen molar-refractivity contribution in [3.63, 3.8) is 0 Å². The summed E-state index contributed by atoms with van der Waals surface area (Å²) in [4.78, 5) is 12.4. The predicted octanol–water partition coefficient (Wildman–Crippen LogP) is 2.75. The van der Waals surface area contributed by atoms with E-state index in [4.69, 9.17) is 9.15 Å². The lowest BCUT2D eigenvalue weighted by Gasteiger charge is -2.26. The summed E-state index contributed by atoms with van der Waals surface area (Å²) in [6.45, 7) is 1.46. The second kappa shape index (κ2) is 8.95. The molecule has 156 valence electrons. The monoisotopic (exact) mass is 437 g/mol. The van der Waals surface area contributed by atoms with Crippen LogP contribution in [0.5, 0.6) is 0 Å². The zero-order valence-electron chi connectivity index (χ0n) is 16.0. The Morgan fingerprint density at radius 2 is 1.93 bits per heavy atom. The Balaban J connectivity index is 1.52. The molecule has 8 nitrogen and oxygen atoms in total. The van der Waals surface area contributed by atoms with Gasteiger partial charge in [-0.25, -0.2) is 8.42 Å². The average Bonchev–Trinajstić information content (AvgIpc) is 3.12. The van der Waals surface area contributed by atoms with Gasteiger partial charge < -0.3 is 9.15 Å². The molecule has 1 saturated heterocycles. The molecular weight excluding hydrogens is 414 g/mol. The number of aromatic nitrogens is 2. The summed E-state index contributed by atoms with van der Waals surface area (Å²) in [5.41, 5.74) is 0.533. The van der Waals surface area contributed by atoms with Gasteiger partial charge in [-0.3, -0.25) is 4.79 Å². The van der Waals surface area contributed by atoms with Crippen molar-refractivity contribution < 1.29 is 22.4 Å². The predicted molar refractivity (Wildman–Crippen MR) is 107 cm³/mol. The summed E-state index contributed by atoms with van der Waals surface area (Å²) in [6.07, 6.45) is 4.44. The van der Waals surface area contributed by atoms with E-state index in [1.54, 1.807) is 24.3 Å². The number of nitrogens with zero attached hydrogens (tertiary/aromatic N) is 3. The molecule has 1 atom stereocenters. The molecule has 1 aromatic heterocycles. The molecule has 0 spiro atoms. The minimum Gasteiger partial charge on any atom is -0.411 e. The van der Waals surface area contributed by atoms with Gasteiger partial charge in [0.2, 0.25) is 15.9 Å². The number of ketones is 1. The van der Waals surface area contributed by atoms with Crippen LogP contribution in [0.2, 0.25) is 0 Å². The summed E-state index contributed by atoms with van der Waals surface area (Å²) in [5, 5.41) is 8.29. The maximum Gasteiger partial charge on any atom is 0.277 e. The zero-order valence-corrected chi connectivity index (χ0v) is 17.6. The number of thioether (sulfide) groups is 1. The van der Waals surface area contributed by atoms with Gasteiger partial charge in [0.05, 0.1) is 23.4 Å². The van der Waals surface area contributed by atoms with E-state index in [0.29, 0.717) is 43.5 Å². The number of benzene rings is 1. The van der Waals surface area contributed by atoms with Crippen LogP contribution in [-0.4, -0.2) is 60.3 Å². The van der Waals surface area contributed by atoms with E-state index in [-0.39, 0.29) is 21.8 Å². The maximum absolute atomic E-state index is 12.9. The SMILES string of the molecule is O=C1CCCCCC1Sc1nnc(-c2cccc(S(=O)(=O)N3CCOCC3)c2)o1. The molecular formula is C19H23N3O5S2. The largest absolute Gasteiger partial charge is 0.411 e. The highest BCUT2D eigenvalue weighted by Gasteiger charge is 2.27. The molecule has 0 radical (unpaired) electrons.